The Hall–Kier alpha value is -4.12. The first-order valence-electron chi connectivity index (χ1n) is 12.5. The minimum atomic E-state index is -0.512. The van der Waals surface area contributed by atoms with Crippen LogP contribution in [0.15, 0.2) is 30.6 Å². The highest BCUT2D eigenvalue weighted by Gasteiger charge is 2.44. The molecule has 2 saturated heterocycles. The summed E-state index contributed by atoms with van der Waals surface area (Å²) in [4.78, 5) is 36.4. The molecule has 0 spiro atoms. The van der Waals surface area contributed by atoms with E-state index in [1.807, 2.05) is 0 Å². The summed E-state index contributed by atoms with van der Waals surface area (Å²) in [5.41, 5.74) is 9.74. The van der Waals surface area contributed by atoms with Gasteiger partial charge in [-0.05, 0) is 44.7 Å². The van der Waals surface area contributed by atoms with Crippen LogP contribution in [0.5, 0.6) is 5.75 Å². The zero-order valence-electron chi connectivity index (χ0n) is 21.0. The van der Waals surface area contributed by atoms with Crippen LogP contribution in [0.25, 0.3) is 27.7 Å². The molecular weight excluding hydrogens is 491 g/mol. The van der Waals surface area contributed by atoms with Crippen molar-refractivity contribution in [2.75, 3.05) is 19.5 Å². The van der Waals surface area contributed by atoms with E-state index in [0.717, 1.165) is 12.8 Å². The number of anilines is 1. The predicted octanol–water partition coefficient (Wildman–Crippen LogP) is 3.11. The van der Waals surface area contributed by atoms with E-state index in [2.05, 4.69) is 10.1 Å². The third-order valence-corrected chi connectivity index (χ3v) is 7.85. The Morgan fingerprint density at radius 3 is 2.58 bits per heavy atom. The summed E-state index contributed by atoms with van der Waals surface area (Å²) in [6, 6.07) is 4.43. The number of nitrogens with zero attached hydrogens (tertiary/aromatic N) is 5. The van der Waals surface area contributed by atoms with Crippen LogP contribution in [0.2, 0.25) is 0 Å². The van der Waals surface area contributed by atoms with Gasteiger partial charge in [-0.15, -0.1) is 0 Å². The van der Waals surface area contributed by atoms with Gasteiger partial charge in [0.2, 0.25) is 5.91 Å². The Kier molecular flexibility index (Phi) is 5.75. The fourth-order valence-electron chi connectivity index (χ4n) is 6.27. The Bertz CT molecular complexity index is 1600. The average Bonchev–Trinajstić information content (AvgIpc) is 3.45. The maximum atomic E-state index is 14.2. The van der Waals surface area contributed by atoms with Crippen molar-refractivity contribution in [3.63, 3.8) is 0 Å². The molecule has 2 bridgehead atoms. The number of amides is 1. The van der Waals surface area contributed by atoms with Crippen LogP contribution < -0.4 is 10.5 Å². The summed E-state index contributed by atoms with van der Waals surface area (Å²) in [7, 11) is 1.46. The number of pyridine rings is 1. The lowest BCUT2D eigenvalue weighted by molar-refractivity contribution is -0.138. The second-order valence-electron chi connectivity index (χ2n) is 10.0. The lowest BCUT2D eigenvalue weighted by Crippen LogP contribution is -2.47. The molecule has 1 aromatic carbocycles. The van der Waals surface area contributed by atoms with E-state index in [9.17, 15) is 19.1 Å². The van der Waals surface area contributed by atoms with Crippen LogP contribution in [0.3, 0.4) is 0 Å². The highest BCUT2D eigenvalue weighted by molar-refractivity contribution is 6.00. The highest BCUT2D eigenvalue weighted by atomic mass is 19.1. The maximum Gasteiger partial charge on any atom is 0.248 e. The van der Waals surface area contributed by atoms with Gasteiger partial charge in [-0.2, -0.15) is 9.61 Å². The van der Waals surface area contributed by atoms with Crippen LogP contribution in [0.1, 0.15) is 54.6 Å². The number of ether oxygens (including phenoxy) is 1. The molecule has 3 aromatic heterocycles. The first-order chi connectivity index (χ1) is 18.3. The molecule has 11 heteroatoms. The van der Waals surface area contributed by atoms with E-state index in [1.54, 1.807) is 23.4 Å². The predicted molar refractivity (Wildman–Crippen MR) is 137 cm³/mol. The molecule has 5 heterocycles. The topological polar surface area (TPSA) is 136 Å². The number of halogens is 1. The molecule has 196 valence electrons. The van der Waals surface area contributed by atoms with Gasteiger partial charge >= 0.3 is 0 Å². The molecule has 4 aromatic rings. The quantitative estimate of drug-likeness (QED) is 0.385. The van der Waals surface area contributed by atoms with Gasteiger partial charge in [0.25, 0.3) is 0 Å². The molecule has 0 radical (unpaired) electrons. The van der Waals surface area contributed by atoms with Crippen molar-refractivity contribution < 1.29 is 23.8 Å². The van der Waals surface area contributed by atoms with E-state index in [0.29, 0.717) is 57.5 Å². The minimum Gasteiger partial charge on any atom is -0.494 e. The summed E-state index contributed by atoms with van der Waals surface area (Å²) >= 11 is 0. The number of fused-ring (bicyclic) bond motifs is 4. The summed E-state index contributed by atoms with van der Waals surface area (Å²) in [6.07, 6.45) is 6.21. The number of aliphatic hydroxyl groups excluding tert-OH is 1. The van der Waals surface area contributed by atoms with E-state index in [-0.39, 0.29) is 35.5 Å². The van der Waals surface area contributed by atoms with Crippen LogP contribution in [-0.4, -0.2) is 67.1 Å². The van der Waals surface area contributed by atoms with Crippen molar-refractivity contribution >= 4 is 34.1 Å². The van der Waals surface area contributed by atoms with E-state index in [1.165, 1.54) is 30.7 Å². The number of aliphatic hydroxyl groups is 1. The number of hydrogen-bond acceptors (Lipinski definition) is 8. The number of nitrogen functional groups attached to an aromatic ring is 1. The van der Waals surface area contributed by atoms with Crippen molar-refractivity contribution in [2.24, 2.45) is 0 Å². The summed E-state index contributed by atoms with van der Waals surface area (Å²) in [5.74, 6) is -0.461. The molecule has 0 aliphatic carbocycles. The summed E-state index contributed by atoms with van der Waals surface area (Å²) in [5, 5.41) is 14.4. The second kappa shape index (κ2) is 9.02. The fraction of sp³-hybridized carbons (Fsp3) is 0.370. The molecule has 0 saturated carbocycles. The Labute approximate surface area is 217 Å². The van der Waals surface area contributed by atoms with Gasteiger partial charge < -0.3 is 20.5 Å². The summed E-state index contributed by atoms with van der Waals surface area (Å²) in [6.45, 7) is 0.948. The highest BCUT2D eigenvalue weighted by Crippen LogP contribution is 2.44. The van der Waals surface area contributed by atoms with Gasteiger partial charge in [0, 0.05) is 46.8 Å². The lowest BCUT2D eigenvalue weighted by Gasteiger charge is -2.39. The first-order valence-corrected chi connectivity index (χ1v) is 12.5. The number of aromatic nitrogens is 4. The van der Waals surface area contributed by atoms with Gasteiger partial charge in [0.05, 0.1) is 24.6 Å². The van der Waals surface area contributed by atoms with Gasteiger partial charge in [0.1, 0.15) is 29.5 Å². The van der Waals surface area contributed by atoms with Crippen LogP contribution in [0, 0.1) is 5.82 Å². The molecule has 0 unspecified atom stereocenters. The number of carbonyl (C=O) groups excluding carboxylic acids is 2. The number of rotatable bonds is 5. The van der Waals surface area contributed by atoms with Gasteiger partial charge in [0.15, 0.2) is 11.4 Å². The number of carbonyl (C=O) groups is 2. The van der Waals surface area contributed by atoms with Crippen LogP contribution >= 0.6 is 0 Å². The number of hydrogen-bond donors (Lipinski definition) is 2. The molecule has 1 amide bonds. The Morgan fingerprint density at radius 2 is 1.92 bits per heavy atom. The average molecular weight is 519 g/mol. The first kappa shape index (κ1) is 24.2. The number of nitrogens with two attached hydrogens (primary N) is 1. The van der Waals surface area contributed by atoms with Crippen molar-refractivity contribution in [2.45, 2.75) is 50.6 Å². The van der Waals surface area contributed by atoms with Crippen molar-refractivity contribution in [3.8, 4) is 16.9 Å². The van der Waals surface area contributed by atoms with E-state index in [4.69, 9.17) is 15.5 Å². The Morgan fingerprint density at radius 1 is 1.18 bits per heavy atom. The Balaban J connectivity index is 1.48. The molecule has 2 aliphatic rings. The van der Waals surface area contributed by atoms with E-state index >= 15 is 0 Å². The monoisotopic (exact) mass is 518 g/mol. The number of ketones is 1. The van der Waals surface area contributed by atoms with Crippen molar-refractivity contribution in [1.82, 2.24) is 24.5 Å². The normalized spacial score (nSPS) is 20.8. The SMILES string of the molecule is COc1cc(F)cc2cc(-c3cnn4c(N)c(C(C)=O)c([C@H]5C[C@H]6CC[C@@H](C5)N6C(=O)CO)nc34)cnc12. The summed E-state index contributed by atoms with van der Waals surface area (Å²) < 4.78 is 20.9. The van der Waals surface area contributed by atoms with Gasteiger partial charge in [-0.3, -0.25) is 14.6 Å². The zero-order chi connectivity index (χ0) is 26.7. The molecule has 2 fully saturated rings. The smallest absolute Gasteiger partial charge is 0.248 e. The zero-order valence-corrected chi connectivity index (χ0v) is 21.0. The van der Waals surface area contributed by atoms with Gasteiger partial charge in [-0.25, -0.2) is 9.37 Å². The minimum absolute atomic E-state index is 0.0172. The molecule has 2 aliphatic heterocycles. The third-order valence-electron chi connectivity index (χ3n) is 7.85. The number of Topliss-reactive ketones (excluding diaryl/α,β-unsaturated/α-hetero) is 1. The number of piperidine rings is 1. The number of methoxy groups -OCH3 is 1. The van der Waals surface area contributed by atoms with Crippen LogP contribution in [0.4, 0.5) is 10.2 Å². The molecule has 3 atom stereocenters. The second-order valence-corrected chi connectivity index (χ2v) is 10.0. The van der Waals surface area contributed by atoms with Crippen molar-refractivity contribution in [3.05, 3.63) is 47.7 Å². The fourth-order valence-corrected chi connectivity index (χ4v) is 6.27. The molecule has 10 nitrogen and oxygen atoms in total. The molecule has 38 heavy (non-hydrogen) atoms. The lowest BCUT2D eigenvalue weighted by atomic mass is 9.85. The van der Waals surface area contributed by atoms with Crippen LogP contribution in [-0.2, 0) is 4.79 Å². The largest absolute Gasteiger partial charge is 0.494 e. The van der Waals surface area contributed by atoms with Gasteiger partial charge in [-0.1, -0.05) is 0 Å². The van der Waals surface area contributed by atoms with E-state index < -0.39 is 12.4 Å². The maximum absolute atomic E-state index is 14.2. The molecular formula is C27H27FN6O4. The molecule has 3 N–H and O–H groups in total. The van der Waals surface area contributed by atoms with Crippen molar-refractivity contribution in [1.29, 1.82) is 0 Å². The molecule has 6 rings (SSSR count). The number of benzene rings is 1. The third kappa shape index (κ3) is 3.68. The standard InChI is InChI=1S/C27H27FN6O4/c1-13(36)23-25(15-7-18-3-4-19(8-15)33(18)22(37)12-35)32-27-20(11-31-34(27)26(23)29)16-5-14-6-17(28)9-21(38-2)24(14)30-10-16/h5-6,9-11,15,18-19,35H,3-4,7-8,12,29H2,1-2H3/t15-,18+,19-.